The highest BCUT2D eigenvalue weighted by Gasteiger charge is 2.24. The van der Waals surface area contributed by atoms with Gasteiger partial charge in [0.25, 0.3) is 0 Å². The van der Waals surface area contributed by atoms with Gasteiger partial charge in [-0.1, -0.05) is 48.5 Å². The Morgan fingerprint density at radius 3 is 2.67 bits per heavy atom. The molecule has 1 aliphatic rings. The van der Waals surface area contributed by atoms with Crippen molar-refractivity contribution in [3.63, 3.8) is 0 Å². The fourth-order valence-electron chi connectivity index (χ4n) is 3.27. The van der Waals surface area contributed by atoms with E-state index in [4.69, 9.17) is 5.11 Å². The van der Waals surface area contributed by atoms with Gasteiger partial charge in [0.15, 0.2) is 0 Å². The Hall–Kier alpha value is -2.17. The second-order valence-corrected chi connectivity index (χ2v) is 6.13. The standard InChI is InChI=1S/C20H24N2O2/c23-14-6-10-18(16-7-2-1-3-8-16)21-15-20(24)22-13-12-17-9-4-5-11-19(17)22/h1-5,7-9,11,18,21,23H,6,10,12-15H2. The van der Waals surface area contributed by atoms with Crippen LogP contribution in [0.4, 0.5) is 5.69 Å². The van der Waals surface area contributed by atoms with Gasteiger partial charge in [-0.05, 0) is 36.5 Å². The molecule has 4 nitrogen and oxygen atoms in total. The number of hydrogen-bond acceptors (Lipinski definition) is 3. The zero-order valence-electron chi connectivity index (χ0n) is 13.8. The molecule has 0 saturated heterocycles. The Morgan fingerprint density at radius 2 is 1.88 bits per heavy atom. The predicted molar refractivity (Wildman–Crippen MR) is 96.0 cm³/mol. The molecule has 2 N–H and O–H groups in total. The third-order valence-corrected chi connectivity index (χ3v) is 4.54. The highest BCUT2D eigenvalue weighted by atomic mass is 16.3. The number of nitrogens with zero attached hydrogens (tertiary/aromatic N) is 1. The first-order chi connectivity index (χ1) is 11.8. The van der Waals surface area contributed by atoms with E-state index < -0.39 is 0 Å². The number of aliphatic hydroxyl groups excluding tert-OH is 1. The molecular weight excluding hydrogens is 300 g/mol. The molecule has 3 rings (SSSR count). The van der Waals surface area contributed by atoms with Crippen LogP contribution in [0.2, 0.25) is 0 Å². The second kappa shape index (κ2) is 8.08. The Bertz CT molecular complexity index is 672. The molecule has 1 amide bonds. The van der Waals surface area contributed by atoms with Gasteiger partial charge in [0.2, 0.25) is 5.91 Å². The number of aliphatic hydroxyl groups is 1. The number of hydrogen-bond donors (Lipinski definition) is 2. The third-order valence-electron chi connectivity index (χ3n) is 4.54. The SMILES string of the molecule is O=C(CNC(CCCO)c1ccccc1)N1CCc2ccccc21. The Morgan fingerprint density at radius 1 is 1.12 bits per heavy atom. The maximum atomic E-state index is 12.6. The molecule has 24 heavy (non-hydrogen) atoms. The smallest absolute Gasteiger partial charge is 0.240 e. The number of anilines is 1. The molecule has 1 aliphatic heterocycles. The molecule has 2 aromatic carbocycles. The zero-order valence-corrected chi connectivity index (χ0v) is 13.8. The van der Waals surface area contributed by atoms with Gasteiger partial charge in [-0.15, -0.1) is 0 Å². The van der Waals surface area contributed by atoms with E-state index in [9.17, 15) is 4.79 Å². The van der Waals surface area contributed by atoms with Gasteiger partial charge in [-0.2, -0.15) is 0 Å². The molecular formula is C20H24N2O2. The van der Waals surface area contributed by atoms with Gasteiger partial charge in [-0.25, -0.2) is 0 Å². The monoisotopic (exact) mass is 324 g/mol. The molecule has 0 fully saturated rings. The Kier molecular flexibility index (Phi) is 5.62. The van der Waals surface area contributed by atoms with E-state index in [2.05, 4.69) is 23.5 Å². The van der Waals surface area contributed by atoms with E-state index >= 15 is 0 Å². The summed E-state index contributed by atoms with van der Waals surface area (Å²) in [4.78, 5) is 14.5. The lowest BCUT2D eigenvalue weighted by Crippen LogP contribution is -2.38. The minimum absolute atomic E-state index is 0.0835. The quantitative estimate of drug-likeness (QED) is 0.823. The van der Waals surface area contributed by atoms with Crippen LogP contribution in [-0.4, -0.2) is 30.7 Å². The number of benzene rings is 2. The average molecular weight is 324 g/mol. The van der Waals surface area contributed by atoms with E-state index in [1.165, 1.54) is 5.56 Å². The molecule has 0 saturated carbocycles. The van der Waals surface area contributed by atoms with Gasteiger partial charge in [0.1, 0.15) is 0 Å². The van der Waals surface area contributed by atoms with E-state index in [-0.39, 0.29) is 18.6 Å². The maximum absolute atomic E-state index is 12.6. The second-order valence-electron chi connectivity index (χ2n) is 6.13. The van der Waals surface area contributed by atoms with Crippen LogP contribution in [0.25, 0.3) is 0 Å². The summed E-state index contributed by atoms with van der Waals surface area (Å²) < 4.78 is 0. The molecule has 0 bridgehead atoms. The Labute approximate surface area is 143 Å². The van der Waals surface area contributed by atoms with E-state index in [0.29, 0.717) is 13.0 Å². The van der Waals surface area contributed by atoms with Crippen molar-refractivity contribution >= 4 is 11.6 Å². The molecule has 0 radical (unpaired) electrons. The van der Waals surface area contributed by atoms with E-state index in [1.807, 2.05) is 41.3 Å². The molecule has 0 spiro atoms. The van der Waals surface area contributed by atoms with Crippen LogP contribution < -0.4 is 10.2 Å². The van der Waals surface area contributed by atoms with Crippen molar-refractivity contribution in [3.05, 3.63) is 65.7 Å². The van der Waals surface area contributed by atoms with Gasteiger partial charge in [0, 0.05) is 24.9 Å². The summed E-state index contributed by atoms with van der Waals surface area (Å²) in [6.45, 7) is 1.23. The minimum atomic E-state index is 0.0835. The molecule has 1 atom stereocenters. The van der Waals surface area contributed by atoms with E-state index in [1.54, 1.807) is 0 Å². The zero-order chi connectivity index (χ0) is 16.8. The van der Waals surface area contributed by atoms with Crippen LogP contribution in [0.1, 0.15) is 30.0 Å². The maximum Gasteiger partial charge on any atom is 0.240 e. The van der Waals surface area contributed by atoms with Crippen LogP contribution in [0.15, 0.2) is 54.6 Å². The lowest BCUT2D eigenvalue weighted by Gasteiger charge is -2.22. The normalized spacial score (nSPS) is 14.5. The number of amides is 1. The van der Waals surface area contributed by atoms with Crippen molar-refractivity contribution in [1.82, 2.24) is 5.32 Å². The summed E-state index contributed by atoms with van der Waals surface area (Å²) in [5.74, 6) is 0.102. The third kappa shape index (κ3) is 3.83. The largest absolute Gasteiger partial charge is 0.396 e. The fourth-order valence-corrected chi connectivity index (χ4v) is 3.27. The predicted octanol–water partition coefficient (Wildman–Crippen LogP) is 2.68. The number of carbonyl (C=O) groups is 1. The van der Waals surface area contributed by atoms with Crippen molar-refractivity contribution < 1.29 is 9.90 Å². The average Bonchev–Trinajstić information content (AvgIpc) is 3.06. The number of para-hydroxylation sites is 1. The first kappa shape index (κ1) is 16.7. The molecule has 2 aromatic rings. The van der Waals surface area contributed by atoms with Crippen LogP contribution in [0, 0.1) is 0 Å². The van der Waals surface area contributed by atoms with Crippen LogP contribution in [0.5, 0.6) is 0 Å². The highest BCUT2D eigenvalue weighted by Crippen LogP contribution is 2.27. The van der Waals surface area contributed by atoms with Gasteiger partial charge in [-0.3, -0.25) is 4.79 Å². The van der Waals surface area contributed by atoms with Crippen LogP contribution in [0.3, 0.4) is 0 Å². The summed E-state index contributed by atoms with van der Waals surface area (Å²) >= 11 is 0. The lowest BCUT2D eigenvalue weighted by molar-refractivity contribution is -0.117. The number of carbonyl (C=O) groups excluding carboxylic acids is 1. The minimum Gasteiger partial charge on any atom is -0.396 e. The molecule has 4 heteroatoms. The molecule has 0 aliphatic carbocycles. The number of fused-ring (bicyclic) bond motifs is 1. The van der Waals surface area contributed by atoms with Gasteiger partial charge in [0.05, 0.1) is 6.54 Å². The number of rotatable bonds is 7. The van der Waals surface area contributed by atoms with Crippen molar-refractivity contribution in [2.24, 2.45) is 0 Å². The summed E-state index contributed by atoms with van der Waals surface area (Å²) in [7, 11) is 0. The summed E-state index contributed by atoms with van der Waals surface area (Å²) in [5, 5.41) is 12.5. The van der Waals surface area contributed by atoms with Crippen molar-refractivity contribution in [2.45, 2.75) is 25.3 Å². The summed E-state index contributed by atoms with van der Waals surface area (Å²) in [5.41, 5.74) is 3.43. The van der Waals surface area contributed by atoms with Crippen molar-refractivity contribution in [2.75, 3.05) is 24.6 Å². The van der Waals surface area contributed by atoms with Gasteiger partial charge >= 0.3 is 0 Å². The fraction of sp³-hybridized carbons (Fsp3) is 0.350. The van der Waals surface area contributed by atoms with Crippen LogP contribution >= 0.6 is 0 Å². The molecule has 126 valence electrons. The van der Waals surface area contributed by atoms with Crippen LogP contribution in [-0.2, 0) is 11.2 Å². The first-order valence-corrected chi connectivity index (χ1v) is 8.57. The van der Waals surface area contributed by atoms with Gasteiger partial charge < -0.3 is 15.3 Å². The molecule has 1 heterocycles. The lowest BCUT2D eigenvalue weighted by atomic mass is 10.0. The topological polar surface area (TPSA) is 52.6 Å². The number of nitrogens with one attached hydrogen (secondary N) is 1. The molecule has 1 unspecified atom stereocenters. The summed E-state index contributed by atoms with van der Waals surface area (Å²) in [6.07, 6.45) is 2.45. The summed E-state index contributed by atoms with van der Waals surface area (Å²) in [6, 6.07) is 18.3. The first-order valence-electron chi connectivity index (χ1n) is 8.57. The Balaban J connectivity index is 1.63. The van der Waals surface area contributed by atoms with Crippen molar-refractivity contribution in [1.29, 1.82) is 0 Å². The van der Waals surface area contributed by atoms with E-state index in [0.717, 1.165) is 30.6 Å². The highest BCUT2D eigenvalue weighted by molar-refractivity contribution is 5.96. The van der Waals surface area contributed by atoms with Crippen molar-refractivity contribution in [3.8, 4) is 0 Å². The molecule has 0 aromatic heterocycles.